The van der Waals surface area contributed by atoms with Crippen LogP contribution in [-0.4, -0.2) is 22.8 Å². The van der Waals surface area contributed by atoms with Gasteiger partial charge in [-0.25, -0.2) is 0 Å². The van der Waals surface area contributed by atoms with Gasteiger partial charge in [-0.2, -0.15) is 0 Å². The quantitative estimate of drug-likeness (QED) is 0.515. The third-order valence-electron chi connectivity index (χ3n) is 2.42. The number of hydrogen-bond acceptors (Lipinski definition) is 3. The Hall–Kier alpha value is -1.33. The van der Waals surface area contributed by atoms with E-state index in [1.54, 1.807) is 0 Å². The van der Waals surface area contributed by atoms with E-state index in [4.69, 9.17) is 23.2 Å². The van der Waals surface area contributed by atoms with Gasteiger partial charge < -0.3 is 5.32 Å². The summed E-state index contributed by atoms with van der Waals surface area (Å²) in [5.41, 5.74) is -0.336. The van der Waals surface area contributed by atoms with Gasteiger partial charge >= 0.3 is 0 Å². The van der Waals surface area contributed by atoms with Crippen LogP contribution in [0.1, 0.15) is 23.7 Å². The molecule has 0 saturated heterocycles. The van der Waals surface area contributed by atoms with Crippen LogP contribution >= 0.6 is 23.2 Å². The predicted molar refractivity (Wildman–Crippen MR) is 70.4 cm³/mol. The maximum Gasteiger partial charge on any atom is 0.283 e. The van der Waals surface area contributed by atoms with Crippen LogP contribution in [0.4, 0.5) is 5.69 Å². The van der Waals surface area contributed by atoms with E-state index in [-0.39, 0.29) is 28.2 Å². The minimum absolute atomic E-state index is 0.0204. The molecular formula is C11H12Cl2N2O3. The Balaban J connectivity index is 3.02. The summed E-state index contributed by atoms with van der Waals surface area (Å²) < 4.78 is 0. The second kappa shape index (κ2) is 6.56. The summed E-state index contributed by atoms with van der Waals surface area (Å²) in [5.74, 6) is -0.269. The second-order valence-corrected chi connectivity index (χ2v) is 4.40. The van der Waals surface area contributed by atoms with E-state index in [1.807, 2.05) is 6.92 Å². The fourth-order valence-electron chi connectivity index (χ4n) is 1.36. The summed E-state index contributed by atoms with van der Waals surface area (Å²) in [4.78, 5) is 22.1. The van der Waals surface area contributed by atoms with Crippen molar-refractivity contribution in [3.8, 4) is 0 Å². The van der Waals surface area contributed by atoms with Gasteiger partial charge in [0.1, 0.15) is 5.56 Å². The molecule has 0 aliphatic rings. The largest absolute Gasteiger partial charge is 0.348 e. The van der Waals surface area contributed by atoms with Crippen molar-refractivity contribution in [1.82, 2.24) is 5.32 Å². The van der Waals surface area contributed by atoms with Crippen molar-refractivity contribution in [2.75, 3.05) is 5.88 Å². The molecule has 98 valence electrons. The lowest BCUT2D eigenvalue weighted by atomic mass is 10.1. The van der Waals surface area contributed by atoms with E-state index in [0.717, 1.165) is 6.07 Å². The summed E-state index contributed by atoms with van der Waals surface area (Å²) in [6.07, 6.45) is 0.649. The molecule has 1 N–H and O–H groups in total. The van der Waals surface area contributed by atoms with Gasteiger partial charge in [-0.05, 0) is 18.6 Å². The molecule has 1 aromatic carbocycles. The Labute approximate surface area is 114 Å². The summed E-state index contributed by atoms with van der Waals surface area (Å²) in [7, 11) is 0. The normalized spacial score (nSPS) is 11.9. The minimum Gasteiger partial charge on any atom is -0.348 e. The second-order valence-electron chi connectivity index (χ2n) is 3.65. The number of hydrogen-bond donors (Lipinski definition) is 1. The van der Waals surface area contributed by atoms with Crippen LogP contribution in [-0.2, 0) is 0 Å². The van der Waals surface area contributed by atoms with E-state index in [1.165, 1.54) is 12.1 Å². The lowest BCUT2D eigenvalue weighted by Crippen LogP contribution is -2.35. The molecule has 1 atom stereocenters. The third kappa shape index (κ3) is 3.58. The molecule has 5 nitrogen and oxygen atoms in total. The molecule has 1 rings (SSSR count). The highest BCUT2D eigenvalue weighted by Gasteiger charge is 2.21. The van der Waals surface area contributed by atoms with Gasteiger partial charge in [0.2, 0.25) is 0 Å². The van der Waals surface area contributed by atoms with Gasteiger partial charge in [0, 0.05) is 23.0 Å². The Morgan fingerprint density at radius 1 is 1.56 bits per heavy atom. The first-order chi connectivity index (χ1) is 8.49. The Bertz CT molecular complexity index is 462. The summed E-state index contributed by atoms with van der Waals surface area (Å²) in [5, 5.41) is 13.7. The van der Waals surface area contributed by atoms with Crippen LogP contribution < -0.4 is 5.32 Å². The van der Waals surface area contributed by atoms with E-state index in [9.17, 15) is 14.9 Å². The molecule has 0 spiro atoms. The number of halogens is 2. The fraction of sp³-hybridized carbons (Fsp3) is 0.364. The molecule has 0 bridgehead atoms. The van der Waals surface area contributed by atoms with Gasteiger partial charge in [-0.1, -0.05) is 18.5 Å². The number of nitro benzene ring substituents is 1. The number of nitrogens with one attached hydrogen (secondary N) is 1. The molecule has 7 heteroatoms. The lowest BCUT2D eigenvalue weighted by molar-refractivity contribution is -0.385. The summed E-state index contributed by atoms with van der Waals surface area (Å²) in [6.45, 7) is 1.86. The monoisotopic (exact) mass is 290 g/mol. The summed E-state index contributed by atoms with van der Waals surface area (Å²) >= 11 is 11.3. The number of nitro groups is 1. The van der Waals surface area contributed by atoms with Crippen LogP contribution in [0, 0.1) is 10.1 Å². The van der Waals surface area contributed by atoms with E-state index in [0.29, 0.717) is 6.42 Å². The Kier molecular flexibility index (Phi) is 5.37. The first-order valence-corrected chi connectivity index (χ1v) is 6.21. The standard InChI is InChI=1S/C11H12Cl2N2O3/c1-2-8(6-12)14-11(16)9-4-3-7(13)5-10(9)15(17)18/h3-5,8H,2,6H2,1H3,(H,14,16). The number of rotatable bonds is 5. The van der Waals surface area contributed by atoms with Crippen LogP contribution in [0.15, 0.2) is 18.2 Å². The van der Waals surface area contributed by atoms with Crippen molar-refractivity contribution >= 4 is 34.8 Å². The fourth-order valence-corrected chi connectivity index (χ4v) is 1.82. The number of carbonyl (C=O) groups excluding carboxylic acids is 1. The molecule has 1 amide bonds. The van der Waals surface area contributed by atoms with Crippen LogP contribution in [0.25, 0.3) is 0 Å². The molecule has 0 radical (unpaired) electrons. The molecular weight excluding hydrogens is 279 g/mol. The average molecular weight is 291 g/mol. The first-order valence-electron chi connectivity index (χ1n) is 5.30. The van der Waals surface area contributed by atoms with Crippen molar-refractivity contribution < 1.29 is 9.72 Å². The van der Waals surface area contributed by atoms with Crippen molar-refractivity contribution in [2.24, 2.45) is 0 Å². The Morgan fingerprint density at radius 3 is 2.72 bits per heavy atom. The smallest absolute Gasteiger partial charge is 0.283 e. The highest BCUT2D eigenvalue weighted by Crippen LogP contribution is 2.23. The molecule has 0 saturated carbocycles. The van der Waals surface area contributed by atoms with Gasteiger partial charge in [0.15, 0.2) is 0 Å². The van der Waals surface area contributed by atoms with Crippen molar-refractivity contribution in [3.05, 3.63) is 38.9 Å². The SMILES string of the molecule is CCC(CCl)NC(=O)c1ccc(Cl)cc1[N+](=O)[O-]. The van der Waals surface area contributed by atoms with E-state index in [2.05, 4.69) is 5.32 Å². The maximum absolute atomic E-state index is 11.9. The number of carbonyl (C=O) groups is 1. The molecule has 0 aliphatic heterocycles. The molecule has 1 aromatic rings. The van der Waals surface area contributed by atoms with Crippen LogP contribution in [0.2, 0.25) is 5.02 Å². The summed E-state index contributed by atoms with van der Waals surface area (Å²) in [6, 6.07) is 3.70. The topological polar surface area (TPSA) is 72.2 Å². The van der Waals surface area contributed by atoms with Gasteiger partial charge in [0.25, 0.3) is 11.6 Å². The zero-order valence-electron chi connectivity index (χ0n) is 9.65. The van der Waals surface area contributed by atoms with Crippen molar-refractivity contribution in [2.45, 2.75) is 19.4 Å². The minimum atomic E-state index is -0.636. The van der Waals surface area contributed by atoms with Gasteiger partial charge in [-0.15, -0.1) is 11.6 Å². The highest BCUT2D eigenvalue weighted by molar-refractivity contribution is 6.31. The van der Waals surface area contributed by atoms with E-state index < -0.39 is 10.8 Å². The predicted octanol–water partition coefficient (Wildman–Crippen LogP) is 3.00. The number of amides is 1. The van der Waals surface area contributed by atoms with Gasteiger partial charge in [0.05, 0.1) is 4.92 Å². The van der Waals surface area contributed by atoms with Crippen LogP contribution in [0.5, 0.6) is 0 Å². The van der Waals surface area contributed by atoms with E-state index >= 15 is 0 Å². The molecule has 0 heterocycles. The average Bonchev–Trinajstić information content (AvgIpc) is 2.35. The molecule has 0 aliphatic carbocycles. The first kappa shape index (κ1) is 14.7. The molecule has 0 fully saturated rings. The molecule has 1 unspecified atom stereocenters. The highest BCUT2D eigenvalue weighted by atomic mass is 35.5. The lowest BCUT2D eigenvalue weighted by Gasteiger charge is -2.13. The maximum atomic E-state index is 11.9. The zero-order chi connectivity index (χ0) is 13.7. The molecule has 18 heavy (non-hydrogen) atoms. The Morgan fingerprint density at radius 2 is 2.22 bits per heavy atom. The van der Waals surface area contributed by atoms with Gasteiger partial charge in [-0.3, -0.25) is 14.9 Å². The number of benzene rings is 1. The van der Waals surface area contributed by atoms with Crippen LogP contribution in [0.3, 0.4) is 0 Å². The number of alkyl halides is 1. The molecule has 0 aromatic heterocycles. The third-order valence-corrected chi connectivity index (χ3v) is 3.02. The van der Waals surface area contributed by atoms with Crippen molar-refractivity contribution in [1.29, 1.82) is 0 Å². The number of nitrogens with zero attached hydrogens (tertiary/aromatic N) is 1. The van der Waals surface area contributed by atoms with Crippen molar-refractivity contribution in [3.63, 3.8) is 0 Å². The zero-order valence-corrected chi connectivity index (χ0v) is 11.2.